The molecule has 1 N–H and O–H groups in total. The summed E-state index contributed by atoms with van der Waals surface area (Å²) in [7, 11) is 0. The van der Waals surface area contributed by atoms with E-state index < -0.39 is 5.82 Å². The first kappa shape index (κ1) is 17.9. The Bertz CT molecular complexity index is 554. The Morgan fingerprint density at radius 3 is 2.52 bits per heavy atom. The minimum absolute atomic E-state index is 0.0430. The third-order valence-corrected chi connectivity index (χ3v) is 4.38. The van der Waals surface area contributed by atoms with Gasteiger partial charge in [-0.15, -0.1) is 0 Å². The molecule has 1 heterocycles. The Labute approximate surface area is 144 Å². The summed E-state index contributed by atoms with van der Waals surface area (Å²) in [6.07, 6.45) is 0.258. The predicted octanol–water partition coefficient (Wildman–Crippen LogP) is 1.87. The van der Waals surface area contributed by atoms with Crippen LogP contribution in [0.25, 0.3) is 0 Å². The first-order valence-corrected chi connectivity index (χ1v) is 8.53. The van der Waals surface area contributed by atoms with Crippen LogP contribution in [0.5, 0.6) is 0 Å². The zero-order chi connectivity index (χ0) is 16.8. The van der Waals surface area contributed by atoms with Crippen molar-refractivity contribution in [3.8, 4) is 0 Å². The second-order valence-electron chi connectivity index (χ2n) is 5.48. The number of nitrogens with one attached hydrogen (secondary N) is 1. The van der Waals surface area contributed by atoms with Crippen LogP contribution in [0, 0.1) is 5.82 Å². The summed E-state index contributed by atoms with van der Waals surface area (Å²) in [6, 6.07) is 4.01. The van der Waals surface area contributed by atoms with Crippen molar-refractivity contribution in [1.82, 2.24) is 15.1 Å². The van der Waals surface area contributed by atoms with Crippen LogP contribution in [-0.2, 0) is 4.79 Å². The van der Waals surface area contributed by atoms with Crippen LogP contribution in [-0.4, -0.2) is 60.9 Å². The molecule has 0 atom stereocenters. The van der Waals surface area contributed by atoms with E-state index in [0.717, 1.165) is 32.7 Å². The fourth-order valence-corrected chi connectivity index (χ4v) is 3.01. The van der Waals surface area contributed by atoms with Crippen LogP contribution in [0.4, 0.5) is 4.39 Å². The molecule has 0 bridgehead atoms. The lowest BCUT2D eigenvalue weighted by Crippen LogP contribution is -2.49. The molecule has 0 aliphatic carbocycles. The van der Waals surface area contributed by atoms with Crippen LogP contribution >= 0.6 is 15.9 Å². The molecular formula is C16H21BrFN3O2. The largest absolute Gasteiger partial charge is 0.352 e. The van der Waals surface area contributed by atoms with E-state index in [4.69, 9.17) is 0 Å². The maximum absolute atomic E-state index is 13.3. The van der Waals surface area contributed by atoms with Gasteiger partial charge >= 0.3 is 0 Å². The monoisotopic (exact) mass is 385 g/mol. The van der Waals surface area contributed by atoms with Gasteiger partial charge in [0.1, 0.15) is 5.82 Å². The summed E-state index contributed by atoms with van der Waals surface area (Å²) in [5.74, 6) is -0.815. The molecule has 0 saturated carbocycles. The van der Waals surface area contributed by atoms with Gasteiger partial charge in [0.25, 0.3) is 5.91 Å². The highest BCUT2D eigenvalue weighted by Crippen LogP contribution is 2.14. The zero-order valence-electron chi connectivity index (χ0n) is 13.1. The van der Waals surface area contributed by atoms with Crippen molar-refractivity contribution in [2.75, 3.05) is 39.3 Å². The summed E-state index contributed by atoms with van der Waals surface area (Å²) >= 11 is 3.15. The average molecular weight is 386 g/mol. The van der Waals surface area contributed by atoms with Gasteiger partial charge in [0.2, 0.25) is 5.91 Å². The van der Waals surface area contributed by atoms with Crippen LogP contribution in [0.15, 0.2) is 22.7 Å². The molecule has 0 radical (unpaired) electrons. The molecule has 1 fully saturated rings. The number of carbonyl (C=O) groups is 2. The minimum atomic E-state index is -0.477. The number of rotatable bonds is 5. The lowest BCUT2D eigenvalue weighted by molar-refractivity contribution is -0.132. The third kappa shape index (κ3) is 5.28. The summed E-state index contributed by atoms with van der Waals surface area (Å²) in [5.41, 5.74) is 0.237. The third-order valence-electron chi connectivity index (χ3n) is 3.92. The molecule has 23 heavy (non-hydrogen) atoms. The van der Waals surface area contributed by atoms with E-state index in [0.29, 0.717) is 4.47 Å². The molecule has 1 aromatic rings. The molecule has 1 saturated heterocycles. The van der Waals surface area contributed by atoms with Crippen LogP contribution in [0.1, 0.15) is 23.7 Å². The number of nitrogens with zero attached hydrogens (tertiary/aromatic N) is 2. The maximum Gasteiger partial charge on any atom is 0.251 e. The highest BCUT2D eigenvalue weighted by molar-refractivity contribution is 9.10. The minimum Gasteiger partial charge on any atom is -0.352 e. The Balaban J connectivity index is 1.76. The van der Waals surface area contributed by atoms with E-state index in [2.05, 4.69) is 33.1 Å². The van der Waals surface area contributed by atoms with Crippen molar-refractivity contribution < 1.29 is 14.0 Å². The number of likely N-dealkylation sites (N-methyl/N-ethyl adjacent to an activating group) is 1. The maximum atomic E-state index is 13.3. The Morgan fingerprint density at radius 2 is 1.91 bits per heavy atom. The van der Waals surface area contributed by atoms with E-state index in [1.54, 1.807) is 6.07 Å². The molecule has 0 aromatic heterocycles. The molecule has 2 rings (SSSR count). The van der Waals surface area contributed by atoms with Crippen molar-refractivity contribution in [1.29, 1.82) is 0 Å². The number of hydrogen-bond acceptors (Lipinski definition) is 3. The van der Waals surface area contributed by atoms with Gasteiger partial charge in [0.15, 0.2) is 0 Å². The Kier molecular flexibility index (Phi) is 6.53. The van der Waals surface area contributed by atoms with Gasteiger partial charge in [0, 0.05) is 49.2 Å². The fourth-order valence-electron chi connectivity index (χ4n) is 2.54. The lowest BCUT2D eigenvalue weighted by atomic mass is 10.2. The van der Waals surface area contributed by atoms with Crippen LogP contribution in [0.3, 0.4) is 0 Å². The van der Waals surface area contributed by atoms with E-state index in [-0.39, 0.29) is 30.3 Å². The molecule has 126 valence electrons. The number of carbonyl (C=O) groups excluding carboxylic acids is 2. The molecule has 1 aromatic carbocycles. The number of amides is 2. The van der Waals surface area contributed by atoms with Gasteiger partial charge in [-0.25, -0.2) is 4.39 Å². The summed E-state index contributed by atoms with van der Waals surface area (Å²) in [6.45, 7) is 6.62. The quantitative estimate of drug-likeness (QED) is 0.841. The normalized spacial score (nSPS) is 15.5. The Hall–Kier alpha value is -1.47. The van der Waals surface area contributed by atoms with E-state index in [1.807, 2.05) is 4.90 Å². The molecule has 0 spiro atoms. The van der Waals surface area contributed by atoms with Gasteiger partial charge < -0.3 is 15.1 Å². The van der Waals surface area contributed by atoms with Crippen molar-refractivity contribution in [2.24, 2.45) is 0 Å². The van der Waals surface area contributed by atoms with Crippen LogP contribution < -0.4 is 5.32 Å². The molecule has 0 unspecified atom stereocenters. The number of piperazine rings is 1. The van der Waals surface area contributed by atoms with Gasteiger partial charge in [-0.3, -0.25) is 9.59 Å². The smallest absolute Gasteiger partial charge is 0.251 e. The first-order chi connectivity index (χ1) is 11.0. The SMILES string of the molecule is CCN1CCN(C(=O)CCNC(=O)c2cc(F)cc(Br)c2)CC1. The van der Waals surface area contributed by atoms with Crippen LogP contribution in [0.2, 0.25) is 0 Å². The molecule has 2 amide bonds. The van der Waals surface area contributed by atoms with E-state index in [1.165, 1.54) is 12.1 Å². The summed E-state index contributed by atoms with van der Waals surface area (Å²) < 4.78 is 13.8. The molecule has 5 nitrogen and oxygen atoms in total. The van der Waals surface area contributed by atoms with Crippen molar-refractivity contribution in [3.63, 3.8) is 0 Å². The fraction of sp³-hybridized carbons (Fsp3) is 0.500. The average Bonchev–Trinajstić information content (AvgIpc) is 2.53. The predicted molar refractivity (Wildman–Crippen MR) is 89.7 cm³/mol. The summed E-state index contributed by atoms with van der Waals surface area (Å²) in [5, 5.41) is 2.66. The highest BCUT2D eigenvalue weighted by Gasteiger charge is 2.19. The zero-order valence-corrected chi connectivity index (χ0v) is 14.7. The van der Waals surface area contributed by atoms with Crippen molar-refractivity contribution in [3.05, 3.63) is 34.1 Å². The van der Waals surface area contributed by atoms with Crippen molar-refractivity contribution >= 4 is 27.7 Å². The number of halogens is 2. The number of benzene rings is 1. The molecule has 1 aliphatic rings. The molecule has 1 aliphatic heterocycles. The van der Waals surface area contributed by atoms with Gasteiger partial charge in [-0.05, 0) is 24.7 Å². The van der Waals surface area contributed by atoms with Gasteiger partial charge in [-0.2, -0.15) is 0 Å². The molecule has 7 heteroatoms. The first-order valence-electron chi connectivity index (χ1n) is 7.74. The molecular weight excluding hydrogens is 365 g/mol. The van der Waals surface area contributed by atoms with Crippen molar-refractivity contribution in [2.45, 2.75) is 13.3 Å². The van der Waals surface area contributed by atoms with Gasteiger partial charge in [0.05, 0.1) is 0 Å². The summed E-state index contributed by atoms with van der Waals surface area (Å²) in [4.78, 5) is 28.2. The van der Waals surface area contributed by atoms with E-state index in [9.17, 15) is 14.0 Å². The standard InChI is InChI=1S/C16H21BrFN3O2/c1-2-20-5-7-21(8-6-20)15(22)3-4-19-16(23)12-9-13(17)11-14(18)10-12/h9-11H,2-8H2,1H3,(H,19,23). The van der Waals surface area contributed by atoms with E-state index >= 15 is 0 Å². The topological polar surface area (TPSA) is 52.6 Å². The highest BCUT2D eigenvalue weighted by atomic mass is 79.9. The Morgan fingerprint density at radius 1 is 1.22 bits per heavy atom. The number of hydrogen-bond donors (Lipinski definition) is 1. The second kappa shape index (κ2) is 8.40. The second-order valence-corrected chi connectivity index (χ2v) is 6.39. The van der Waals surface area contributed by atoms with Gasteiger partial charge in [-0.1, -0.05) is 22.9 Å². The lowest BCUT2D eigenvalue weighted by Gasteiger charge is -2.34.